The van der Waals surface area contributed by atoms with E-state index in [2.05, 4.69) is 9.80 Å². The molecule has 0 saturated carbocycles. The van der Waals surface area contributed by atoms with Gasteiger partial charge in [0.2, 0.25) is 0 Å². The zero-order chi connectivity index (χ0) is 10.2. The first kappa shape index (κ1) is 12.2. The number of hydrogen-bond donors (Lipinski definition) is 0. The molecule has 0 aromatic heterocycles. The summed E-state index contributed by atoms with van der Waals surface area (Å²) in [6.45, 7) is 7.78. The smallest absolute Gasteiger partial charge is 0.0474 e. The highest BCUT2D eigenvalue weighted by molar-refractivity contribution is 6.18. The molecule has 0 aromatic carbocycles. The topological polar surface area (TPSA) is 15.7 Å². The predicted octanol–water partition coefficient (Wildman–Crippen LogP) is 0.879. The van der Waals surface area contributed by atoms with Gasteiger partial charge in [0.25, 0.3) is 0 Å². The fourth-order valence-corrected chi connectivity index (χ4v) is 2.03. The van der Waals surface area contributed by atoms with Crippen molar-refractivity contribution in [3.8, 4) is 0 Å². The normalized spacial score (nSPS) is 20.1. The third-order valence-corrected chi connectivity index (χ3v) is 2.86. The van der Waals surface area contributed by atoms with Crippen LogP contribution in [0.15, 0.2) is 0 Å². The fraction of sp³-hybridized carbons (Fsp3) is 1.00. The van der Waals surface area contributed by atoms with Crippen LogP contribution in [0.25, 0.3) is 0 Å². The van der Waals surface area contributed by atoms with Gasteiger partial charge in [0, 0.05) is 58.9 Å². The molecule has 14 heavy (non-hydrogen) atoms. The van der Waals surface area contributed by atoms with Gasteiger partial charge in [0.1, 0.15) is 0 Å². The van der Waals surface area contributed by atoms with E-state index in [0.717, 1.165) is 25.5 Å². The molecule has 1 saturated heterocycles. The molecule has 0 aliphatic carbocycles. The maximum Gasteiger partial charge on any atom is 0.0474 e. The minimum atomic E-state index is 0.754. The Morgan fingerprint density at radius 3 is 2.14 bits per heavy atom. The van der Waals surface area contributed by atoms with Gasteiger partial charge < -0.3 is 9.64 Å². The third-order valence-electron chi connectivity index (χ3n) is 2.69. The van der Waals surface area contributed by atoms with Crippen LogP contribution < -0.4 is 0 Å². The van der Waals surface area contributed by atoms with Crippen molar-refractivity contribution in [3.05, 3.63) is 0 Å². The Kier molecular flexibility index (Phi) is 6.52. The maximum absolute atomic E-state index is 5.70. The highest BCUT2D eigenvalue weighted by Gasteiger charge is 2.15. The Balaban J connectivity index is 2.03. The van der Waals surface area contributed by atoms with E-state index in [-0.39, 0.29) is 0 Å². The standard InChI is InChI=1S/C10H21ClN2O/c1-14-10-2-4-12-6-8-13(5-3-11)9-7-12/h2-10H2,1H3. The van der Waals surface area contributed by atoms with E-state index in [1.54, 1.807) is 7.11 Å². The monoisotopic (exact) mass is 220 g/mol. The highest BCUT2D eigenvalue weighted by Crippen LogP contribution is 2.02. The van der Waals surface area contributed by atoms with E-state index < -0.39 is 0 Å². The molecule has 1 aliphatic heterocycles. The van der Waals surface area contributed by atoms with E-state index in [4.69, 9.17) is 16.3 Å². The summed E-state index contributed by atoms with van der Waals surface area (Å²) in [6.07, 6.45) is 1.14. The van der Waals surface area contributed by atoms with E-state index in [1.807, 2.05) is 0 Å². The lowest BCUT2D eigenvalue weighted by Crippen LogP contribution is -2.47. The average molecular weight is 221 g/mol. The molecule has 0 unspecified atom stereocenters. The molecule has 0 radical (unpaired) electrons. The van der Waals surface area contributed by atoms with E-state index >= 15 is 0 Å². The molecule has 0 aromatic rings. The minimum absolute atomic E-state index is 0.754. The SMILES string of the molecule is COCCCN1CCN(CCCl)CC1. The Labute approximate surface area is 92.0 Å². The van der Waals surface area contributed by atoms with Crippen molar-refractivity contribution in [2.24, 2.45) is 0 Å². The minimum Gasteiger partial charge on any atom is -0.385 e. The molecule has 84 valence electrons. The van der Waals surface area contributed by atoms with Crippen LogP contribution >= 0.6 is 11.6 Å². The third kappa shape index (κ3) is 4.60. The maximum atomic E-state index is 5.70. The highest BCUT2D eigenvalue weighted by atomic mass is 35.5. The molecule has 1 rings (SSSR count). The number of rotatable bonds is 6. The van der Waals surface area contributed by atoms with Crippen molar-refractivity contribution in [2.75, 3.05) is 58.9 Å². The Morgan fingerprint density at radius 2 is 1.64 bits per heavy atom. The number of methoxy groups -OCH3 is 1. The van der Waals surface area contributed by atoms with E-state index in [0.29, 0.717) is 0 Å². The summed E-state index contributed by atoms with van der Waals surface area (Å²) in [7, 11) is 1.76. The van der Waals surface area contributed by atoms with Gasteiger partial charge in [0.15, 0.2) is 0 Å². The first-order valence-corrected chi connectivity index (χ1v) is 5.90. The zero-order valence-electron chi connectivity index (χ0n) is 9.04. The number of halogens is 1. The molecule has 0 spiro atoms. The van der Waals surface area contributed by atoms with E-state index in [1.165, 1.54) is 32.7 Å². The number of piperazine rings is 1. The van der Waals surface area contributed by atoms with Crippen molar-refractivity contribution < 1.29 is 4.74 Å². The van der Waals surface area contributed by atoms with Gasteiger partial charge in [-0.15, -0.1) is 11.6 Å². The summed E-state index contributed by atoms with van der Waals surface area (Å²) in [5, 5.41) is 0. The van der Waals surface area contributed by atoms with Gasteiger partial charge in [0.05, 0.1) is 0 Å². The molecular formula is C10H21ClN2O. The lowest BCUT2D eigenvalue weighted by molar-refractivity contribution is 0.121. The quantitative estimate of drug-likeness (QED) is 0.488. The Bertz CT molecular complexity index is 138. The zero-order valence-corrected chi connectivity index (χ0v) is 9.80. The summed E-state index contributed by atoms with van der Waals surface area (Å²) in [6, 6.07) is 0. The molecule has 0 bridgehead atoms. The predicted molar refractivity (Wildman–Crippen MR) is 60.1 cm³/mol. The second-order valence-corrected chi connectivity index (χ2v) is 4.10. The summed E-state index contributed by atoms with van der Waals surface area (Å²) in [5.74, 6) is 0.754. The van der Waals surface area contributed by atoms with Gasteiger partial charge in [-0.1, -0.05) is 0 Å². The van der Waals surface area contributed by atoms with Crippen LogP contribution in [0.4, 0.5) is 0 Å². The van der Waals surface area contributed by atoms with Crippen LogP contribution in [-0.2, 0) is 4.74 Å². The average Bonchev–Trinajstić information content (AvgIpc) is 2.21. The number of nitrogens with zero attached hydrogens (tertiary/aromatic N) is 2. The largest absolute Gasteiger partial charge is 0.385 e. The Morgan fingerprint density at radius 1 is 1.07 bits per heavy atom. The summed E-state index contributed by atoms with van der Waals surface area (Å²) < 4.78 is 5.04. The summed E-state index contributed by atoms with van der Waals surface area (Å²) in [5.41, 5.74) is 0. The molecule has 4 heteroatoms. The van der Waals surface area contributed by atoms with Crippen molar-refractivity contribution in [3.63, 3.8) is 0 Å². The van der Waals surface area contributed by atoms with E-state index in [9.17, 15) is 0 Å². The molecule has 0 N–H and O–H groups in total. The molecule has 1 fully saturated rings. The van der Waals surface area contributed by atoms with Gasteiger partial charge >= 0.3 is 0 Å². The first-order valence-electron chi connectivity index (χ1n) is 5.36. The molecule has 3 nitrogen and oxygen atoms in total. The van der Waals surface area contributed by atoms with Crippen LogP contribution in [0.1, 0.15) is 6.42 Å². The summed E-state index contributed by atoms with van der Waals surface area (Å²) in [4.78, 5) is 4.93. The second kappa shape index (κ2) is 7.46. The van der Waals surface area contributed by atoms with Gasteiger partial charge in [-0.2, -0.15) is 0 Å². The molecular weight excluding hydrogens is 200 g/mol. The van der Waals surface area contributed by atoms with Crippen LogP contribution in [0, 0.1) is 0 Å². The van der Waals surface area contributed by atoms with Crippen molar-refractivity contribution in [1.29, 1.82) is 0 Å². The number of hydrogen-bond acceptors (Lipinski definition) is 3. The van der Waals surface area contributed by atoms with Crippen LogP contribution in [0.3, 0.4) is 0 Å². The molecule has 0 atom stereocenters. The van der Waals surface area contributed by atoms with Crippen molar-refractivity contribution in [2.45, 2.75) is 6.42 Å². The number of alkyl halides is 1. The summed E-state index contributed by atoms with van der Waals surface area (Å²) >= 11 is 5.70. The van der Waals surface area contributed by atoms with Crippen molar-refractivity contribution >= 4 is 11.6 Å². The molecule has 1 aliphatic rings. The lowest BCUT2D eigenvalue weighted by Gasteiger charge is -2.34. The molecule has 1 heterocycles. The molecule has 0 amide bonds. The van der Waals surface area contributed by atoms with Crippen LogP contribution in [0.2, 0.25) is 0 Å². The van der Waals surface area contributed by atoms with Crippen LogP contribution in [0.5, 0.6) is 0 Å². The lowest BCUT2D eigenvalue weighted by atomic mass is 10.3. The van der Waals surface area contributed by atoms with Crippen molar-refractivity contribution in [1.82, 2.24) is 9.80 Å². The fourth-order valence-electron chi connectivity index (χ4n) is 1.79. The number of ether oxygens (including phenoxy) is 1. The van der Waals surface area contributed by atoms with Gasteiger partial charge in [-0.05, 0) is 6.42 Å². The second-order valence-electron chi connectivity index (χ2n) is 3.72. The first-order chi connectivity index (χ1) is 6.86. The van der Waals surface area contributed by atoms with Gasteiger partial charge in [-0.3, -0.25) is 4.90 Å². The Hall–Kier alpha value is 0.170. The van der Waals surface area contributed by atoms with Gasteiger partial charge in [-0.25, -0.2) is 0 Å². The van der Waals surface area contributed by atoms with Crippen LogP contribution in [-0.4, -0.2) is 68.7 Å².